The Labute approximate surface area is 165 Å². The second-order valence-corrected chi connectivity index (χ2v) is 7.60. The van der Waals surface area contributed by atoms with Gasteiger partial charge in [-0.15, -0.1) is 11.3 Å². The normalized spacial score (nSPS) is 11.3. The zero-order valence-electron chi connectivity index (χ0n) is 16.6. The topological polar surface area (TPSA) is 78.4 Å². The van der Waals surface area contributed by atoms with Gasteiger partial charge in [0.1, 0.15) is 0 Å². The summed E-state index contributed by atoms with van der Waals surface area (Å²) in [4.78, 5) is 22.5. The molecule has 0 aliphatic rings. The third-order valence-corrected chi connectivity index (χ3v) is 5.13. The quantitative estimate of drug-likeness (QED) is 0.370. The number of aryl methyl sites for hydroxylation is 3. The van der Waals surface area contributed by atoms with E-state index in [9.17, 15) is 4.79 Å². The summed E-state index contributed by atoms with van der Waals surface area (Å²) in [7, 11) is 0. The van der Waals surface area contributed by atoms with Gasteiger partial charge in [-0.05, 0) is 39.8 Å². The highest BCUT2D eigenvalue weighted by molar-refractivity contribution is 7.11. The van der Waals surface area contributed by atoms with Gasteiger partial charge in [0.2, 0.25) is 0 Å². The van der Waals surface area contributed by atoms with Gasteiger partial charge in [-0.25, -0.2) is 4.98 Å². The number of aliphatic imine (C=N–C) groups is 1. The van der Waals surface area contributed by atoms with Crippen molar-refractivity contribution in [3.63, 3.8) is 0 Å². The first-order chi connectivity index (χ1) is 13.0. The van der Waals surface area contributed by atoms with E-state index >= 15 is 0 Å². The monoisotopic (exact) mass is 387 g/mol. The molecule has 0 radical (unpaired) electrons. The summed E-state index contributed by atoms with van der Waals surface area (Å²) in [6.07, 6.45) is 0.833. The second-order valence-electron chi connectivity index (χ2n) is 6.31. The van der Waals surface area contributed by atoms with E-state index < -0.39 is 0 Å². The Bertz CT molecular complexity index is 765. The molecule has 0 atom stereocenters. The lowest BCUT2D eigenvalue weighted by atomic mass is 10.1. The number of nitrogens with one attached hydrogen (secondary N) is 3. The van der Waals surface area contributed by atoms with E-state index in [0.717, 1.165) is 35.2 Å². The average Bonchev–Trinajstić information content (AvgIpc) is 2.96. The lowest BCUT2D eigenvalue weighted by molar-refractivity contribution is 0.0954. The number of rotatable bonds is 8. The molecule has 6 nitrogen and oxygen atoms in total. The average molecular weight is 388 g/mol. The van der Waals surface area contributed by atoms with Crippen LogP contribution >= 0.6 is 11.3 Å². The van der Waals surface area contributed by atoms with Gasteiger partial charge in [-0.3, -0.25) is 9.79 Å². The molecule has 1 aromatic carbocycles. The zero-order valence-corrected chi connectivity index (χ0v) is 17.4. The molecule has 3 N–H and O–H groups in total. The van der Waals surface area contributed by atoms with Crippen LogP contribution in [-0.2, 0) is 6.42 Å². The fourth-order valence-corrected chi connectivity index (χ4v) is 3.42. The van der Waals surface area contributed by atoms with Crippen LogP contribution in [0.4, 0.5) is 0 Å². The van der Waals surface area contributed by atoms with Crippen molar-refractivity contribution in [3.05, 3.63) is 51.0 Å². The van der Waals surface area contributed by atoms with E-state index in [1.54, 1.807) is 11.3 Å². The summed E-state index contributed by atoms with van der Waals surface area (Å²) in [5, 5.41) is 10.5. The van der Waals surface area contributed by atoms with Gasteiger partial charge >= 0.3 is 0 Å². The predicted molar refractivity (Wildman–Crippen MR) is 113 cm³/mol. The van der Waals surface area contributed by atoms with Crippen LogP contribution in [0.1, 0.15) is 38.4 Å². The van der Waals surface area contributed by atoms with Gasteiger partial charge in [0.15, 0.2) is 5.96 Å². The van der Waals surface area contributed by atoms with Crippen molar-refractivity contribution in [1.29, 1.82) is 0 Å². The molecule has 1 heterocycles. The maximum Gasteiger partial charge on any atom is 0.251 e. The fourth-order valence-electron chi connectivity index (χ4n) is 2.50. The summed E-state index contributed by atoms with van der Waals surface area (Å²) in [6, 6.07) is 7.58. The Kier molecular flexibility index (Phi) is 8.26. The van der Waals surface area contributed by atoms with Gasteiger partial charge in [0.05, 0.1) is 10.7 Å². The molecule has 0 aliphatic heterocycles. The summed E-state index contributed by atoms with van der Waals surface area (Å²) < 4.78 is 0. The van der Waals surface area contributed by atoms with Gasteiger partial charge in [-0.2, -0.15) is 0 Å². The molecule has 1 aromatic heterocycles. The smallest absolute Gasteiger partial charge is 0.251 e. The molecule has 0 unspecified atom stereocenters. The molecule has 0 fully saturated rings. The highest BCUT2D eigenvalue weighted by Crippen LogP contribution is 2.16. The second kappa shape index (κ2) is 10.7. The van der Waals surface area contributed by atoms with E-state index in [2.05, 4.69) is 32.9 Å². The van der Waals surface area contributed by atoms with Gasteiger partial charge in [0.25, 0.3) is 5.91 Å². The van der Waals surface area contributed by atoms with Crippen molar-refractivity contribution in [1.82, 2.24) is 20.9 Å². The lowest BCUT2D eigenvalue weighted by Crippen LogP contribution is -2.41. The first-order valence-electron chi connectivity index (χ1n) is 9.29. The van der Waals surface area contributed by atoms with E-state index in [-0.39, 0.29) is 5.91 Å². The van der Waals surface area contributed by atoms with Crippen LogP contribution in [0, 0.1) is 20.8 Å². The fraction of sp³-hybridized carbons (Fsp3) is 0.450. The Hall–Kier alpha value is -2.41. The minimum absolute atomic E-state index is 0.0584. The molecule has 7 heteroatoms. The third kappa shape index (κ3) is 7.02. The van der Waals surface area contributed by atoms with Crippen molar-refractivity contribution in [3.8, 4) is 0 Å². The van der Waals surface area contributed by atoms with Crippen molar-refractivity contribution in [2.24, 2.45) is 4.99 Å². The van der Waals surface area contributed by atoms with Crippen molar-refractivity contribution < 1.29 is 4.79 Å². The molecule has 2 aromatic rings. The lowest BCUT2D eigenvalue weighted by Gasteiger charge is -2.12. The number of hydrogen-bond donors (Lipinski definition) is 3. The first-order valence-corrected chi connectivity index (χ1v) is 10.1. The molecule has 27 heavy (non-hydrogen) atoms. The Morgan fingerprint density at radius 3 is 2.59 bits per heavy atom. The van der Waals surface area contributed by atoms with Gasteiger partial charge in [-0.1, -0.05) is 17.7 Å². The van der Waals surface area contributed by atoms with Gasteiger partial charge in [0, 0.05) is 43.0 Å². The van der Waals surface area contributed by atoms with Crippen LogP contribution in [0.15, 0.2) is 29.3 Å². The molecule has 2 rings (SSSR count). The number of aromatic nitrogens is 1. The summed E-state index contributed by atoms with van der Waals surface area (Å²) in [5.41, 5.74) is 2.87. The van der Waals surface area contributed by atoms with Crippen molar-refractivity contribution in [2.75, 3.05) is 26.2 Å². The Morgan fingerprint density at radius 2 is 1.93 bits per heavy atom. The van der Waals surface area contributed by atoms with Crippen molar-refractivity contribution >= 4 is 23.2 Å². The third-order valence-electron chi connectivity index (χ3n) is 4.00. The summed E-state index contributed by atoms with van der Waals surface area (Å²) in [6.45, 7) is 10.7. The van der Waals surface area contributed by atoms with Crippen LogP contribution in [-0.4, -0.2) is 43.0 Å². The minimum atomic E-state index is -0.0584. The van der Waals surface area contributed by atoms with Crippen LogP contribution in [0.5, 0.6) is 0 Å². The SMILES string of the molecule is CCNC(=NCCc1nc(C)c(C)s1)NCCNC(=O)c1cccc(C)c1. The summed E-state index contributed by atoms with van der Waals surface area (Å²) >= 11 is 1.73. The molecule has 0 saturated carbocycles. The van der Waals surface area contributed by atoms with E-state index in [0.29, 0.717) is 25.2 Å². The maximum atomic E-state index is 12.1. The van der Waals surface area contributed by atoms with Crippen LogP contribution in [0.2, 0.25) is 0 Å². The zero-order chi connectivity index (χ0) is 19.6. The number of hydrogen-bond acceptors (Lipinski definition) is 4. The molecule has 146 valence electrons. The number of amides is 1. The Balaban J connectivity index is 1.75. The van der Waals surface area contributed by atoms with E-state index in [1.165, 1.54) is 4.88 Å². The molecule has 1 amide bonds. The molecule has 0 bridgehead atoms. The largest absolute Gasteiger partial charge is 0.357 e. The first kappa shape index (κ1) is 20.9. The highest BCUT2D eigenvalue weighted by atomic mass is 32.1. The molecule has 0 saturated heterocycles. The molecule has 0 spiro atoms. The number of benzene rings is 1. The van der Waals surface area contributed by atoms with Crippen LogP contribution < -0.4 is 16.0 Å². The minimum Gasteiger partial charge on any atom is -0.357 e. The van der Waals surface area contributed by atoms with Crippen LogP contribution in [0.3, 0.4) is 0 Å². The van der Waals surface area contributed by atoms with Crippen LogP contribution in [0.25, 0.3) is 0 Å². The number of thiazole rings is 1. The number of guanidine groups is 1. The maximum absolute atomic E-state index is 12.1. The van der Waals surface area contributed by atoms with Gasteiger partial charge < -0.3 is 16.0 Å². The number of carbonyl (C=O) groups excluding carboxylic acids is 1. The van der Waals surface area contributed by atoms with E-state index in [4.69, 9.17) is 0 Å². The standard InChI is InChI=1S/C20H29N5OS/c1-5-21-20(23-10-9-18-25-15(3)16(4)27-18)24-12-11-22-19(26)17-8-6-7-14(2)13-17/h6-8,13H,5,9-12H2,1-4H3,(H,22,26)(H2,21,23,24). The van der Waals surface area contributed by atoms with Crippen molar-refractivity contribution in [2.45, 2.75) is 34.1 Å². The predicted octanol–water partition coefficient (Wildman–Crippen LogP) is 2.60. The number of carbonyl (C=O) groups is 1. The Morgan fingerprint density at radius 1 is 1.15 bits per heavy atom. The molecular weight excluding hydrogens is 358 g/mol. The highest BCUT2D eigenvalue weighted by Gasteiger charge is 2.05. The molecular formula is C20H29N5OS. The number of nitrogens with zero attached hydrogens (tertiary/aromatic N) is 2. The van der Waals surface area contributed by atoms with E-state index in [1.807, 2.05) is 45.0 Å². The summed E-state index contributed by atoms with van der Waals surface area (Å²) in [5.74, 6) is 0.698. The molecule has 0 aliphatic carbocycles.